The average molecular weight is 231 g/mol. The molecule has 0 atom stereocenters. The zero-order chi connectivity index (χ0) is 11.3. The lowest BCUT2D eigenvalue weighted by atomic mass is 9.83. The fourth-order valence-corrected chi connectivity index (χ4v) is 1.69. The van der Waals surface area contributed by atoms with Gasteiger partial charge in [0.25, 0.3) is 0 Å². The van der Waals surface area contributed by atoms with Crippen LogP contribution in [0.3, 0.4) is 0 Å². The summed E-state index contributed by atoms with van der Waals surface area (Å²) in [5, 5.41) is 19.3. The Morgan fingerprint density at radius 3 is 2.47 bits per heavy atom. The number of rotatable bonds is 5. The van der Waals surface area contributed by atoms with Crippen molar-refractivity contribution in [3.05, 3.63) is 34.9 Å². The van der Waals surface area contributed by atoms with E-state index in [0.717, 1.165) is 5.56 Å². The fourth-order valence-electron chi connectivity index (χ4n) is 1.50. The molecule has 0 spiro atoms. The van der Waals surface area contributed by atoms with Gasteiger partial charge in [-0.1, -0.05) is 23.7 Å². The number of hydrogen-bond acceptors (Lipinski definition) is 3. The van der Waals surface area contributed by atoms with E-state index < -0.39 is 5.41 Å². The van der Waals surface area contributed by atoms with Crippen molar-refractivity contribution in [3.8, 4) is 0 Å². The lowest BCUT2D eigenvalue weighted by Gasteiger charge is -2.29. The van der Waals surface area contributed by atoms with E-state index in [9.17, 15) is 10.2 Å². The van der Waals surface area contributed by atoms with Crippen LogP contribution in [0.15, 0.2) is 24.3 Å². The minimum Gasteiger partial charge on any atom is -0.395 e. The monoisotopic (exact) mass is 230 g/mol. The summed E-state index contributed by atoms with van der Waals surface area (Å²) in [5.41, 5.74) is 0.00137. The van der Waals surface area contributed by atoms with Gasteiger partial charge in [0.1, 0.15) is 0 Å². The van der Waals surface area contributed by atoms with Gasteiger partial charge in [0.05, 0.1) is 25.2 Å². The highest BCUT2D eigenvalue weighted by molar-refractivity contribution is 6.30. The molecule has 0 heterocycles. The summed E-state index contributed by atoms with van der Waals surface area (Å²) < 4.78 is 5.02. The molecule has 15 heavy (non-hydrogen) atoms. The first-order valence-electron chi connectivity index (χ1n) is 4.65. The second kappa shape index (κ2) is 5.47. The molecule has 0 aromatic heterocycles. The van der Waals surface area contributed by atoms with Gasteiger partial charge in [-0.15, -0.1) is 0 Å². The van der Waals surface area contributed by atoms with Gasteiger partial charge in [-0.2, -0.15) is 0 Å². The molecule has 2 N–H and O–H groups in total. The Kier molecular flexibility index (Phi) is 4.54. The number of benzene rings is 1. The van der Waals surface area contributed by atoms with Crippen LogP contribution in [0.4, 0.5) is 0 Å². The largest absolute Gasteiger partial charge is 0.395 e. The summed E-state index contributed by atoms with van der Waals surface area (Å²) in [4.78, 5) is 0. The van der Waals surface area contributed by atoms with Gasteiger partial charge in [0.15, 0.2) is 0 Å². The van der Waals surface area contributed by atoms with Crippen LogP contribution in [-0.2, 0) is 10.2 Å². The fraction of sp³-hybridized carbons (Fsp3) is 0.455. The second-order valence-electron chi connectivity index (χ2n) is 3.54. The summed E-state index contributed by atoms with van der Waals surface area (Å²) in [6.07, 6.45) is 0. The van der Waals surface area contributed by atoms with Crippen LogP contribution >= 0.6 is 11.6 Å². The molecule has 1 rings (SSSR count). The number of halogens is 1. The van der Waals surface area contributed by atoms with Crippen LogP contribution in [0, 0.1) is 0 Å². The van der Waals surface area contributed by atoms with Crippen LogP contribution in [0.2, 0.25) is 5.02 Å². The molecule has 0 aliphatic carbocycles. The molecule has 1 aromatic rings. The van der Waals surface area contributed by atoms with Crippen molar-refractivity contribution in [1.29, 1.82) is 0 Å². The first kappa shape index (κ1) is 12.5. The molecule has 1 aromatic carbocycles. The van der Waals surface area contributed by atoms with E-state index >= 15 is 0 Å². The molecule has 0 saturated carbocycles. The summed E-state index contributed by atoms with van der Waals surface area (Å²) >= 11 is 5.86. The number of hydrogen-bond donors (Lipinski definition) is 2. The normalized spacial score (nSPS) is 11.7. The Hall–Kier alpha value is -0.610. The van der Waals surface area contributed by atoms with Crippen molar-refractivity contribution in [2.45, 2.75) is 5.41 Å². The van der Waals surface area contributed by atoms with Crippen LogP contribution < -0.4 is 0 Å². The van der Waals surface area contributed by atoms with Crippen molar-refractivity contribution in [3.63, 3.8) is 0 Å². The highest BCUT2D eigenvalue weighted by atomic mass is 35.5. The maximum atomic E-state index is 9.37. The summed E-state index contributed by atoms with van der Waals surface area (Å²) in [6, 6.07) is 7.08. The van der Waals surface area contributed by atoms with Crippen molar-refractivity contribution < 1.29 is 14.9 Å². The third-order valence-electron chi connectivity index (χ3n) is 2.46. The second-order valence-corrected chi connectivity index (χ2v) is 3.98. The van der Waals surface area contributed by atoms with E-state index in [-0.39, 0.29) is 19.8 Å². The molecular formula is C11H15ClO3. The van der Waals surface area contributed by atoms with Crippen LogP contribution in [0.25, 0.3) is 0 Å². The quantitative estimate of drug-likeness (QED) is 0.800. The topological polar surface area (TPSA) is 49.7 Å². The number of aliphatic hydroxyl groups excluding tert-OH is 2. The van der Waals surface area contributed by atoms with E-state index in [0.29, 0.717) is 5.02 Å². The zero-order valence-corrected chi connectivity index (χ0v) is 9.37. The van der Waals surface area contributed by atoms with Gasteiger partial charge in [-0.3, -0.25) is 0 Å². The maximum Gasteiger partial charge on any atom is 0.0648 e. The lowest BCUT2D eigenvalue weighted by Crippen LogP contribution is -2.39. The van der Waals surface area contributed by atoms with E-state index in [2.05, 4.69) is 0 Å². The SMILES string of the molecule is COCC(CO)(CO)c1cccc(Cl)c1. The zero-order valence-electron chi connectivity index (χ0n) is 8.61. The van der Waals surface area contributed by atoms with Gasteiger partial charge >= 0.3 is 0 Å². The highest BCUT2D eigenvalue weighted by Gasteiger charge is 2.31. The third-order valence-corrected chi connectivity index (χ3v) is 2.70. The molecule has 3 nitrogen and oxygen atoms in total. The van der Waals surface area contributed by atoms with E-state index in [1.807, 2.05) is 6.07 Å². The summed E-state index contributed by atoms with van der Waals surface area (Å²) in [5.74, 6) is 0. The average Bonchev–Trinajstić information content (AvgIpc) is 2.26. The van der Waals surface area contributed by atoms with E-state index in [1.54, 1.807) is 18.2 Å². The molecule has 0 aliphatic heterocycles. The van der Waals surface area contributed by atoms with Gasteiger partial charge in [-0.05, 0) is 17.7 Å². The van der Waals surface area contributed by atoms with Gasteiger partial charge in [0, 0.05) is 12.1 Å². The van der Waals surface area contributed by atoms with Crippen LogP contribution in [0.5, 0.6) is 0 Å². The molecule has 0 fully saturated rings. The first-order valence-corrected chi connectivity index (χ1v) is 5.03. The maximum absolute atomic E-state index is 9.37. The molecule has 84 valence electrons. The Morgan fingerprint density at radius 1 is 1.33 bits per heavy atom. The molecular weight excluding hydrogens is 216 g/mol. The molecule has 0 unspecified atom stereocenters. The molecule has 0 bridgehead atoms. The van der Waals surface area contributed by atoms with Crippen LogP contribution in [-0.4, -0.2) is 37.1 Å². The van der Waals surface area contributed by atoms with Crippen molar-refractivity contribution in [2.75, 3.05) is 26.9 Å². The van der Waals surface area contributed by atoms with Gasteiger partial charge < -0.3 is 14.9 Å². The predicted molar refractivity (Wildman–Crippen MR) is 59.2 cm³/mol. The Bertz CT molecular complexity index is 310. The Labute approximate surface area is 94.3 Å². The van der Waals surface area contributed by atoms with E-state index in [4.69, 9.17) is 16.3 Å². The van der Waals surface area contributed by atoms with Crippen molar-refractivity contribution >= 4 is 11.6 Å². The Morgan fingerprint density at radius 2 is 2.00 bits per heavy atom. The minimum absolute atomic E-state index is 0.183. The standard InChI is InChI=1S/C11H15ClO3/c1-15-8-11(6-13,7-14)9-3-2-4-10(12)5-9/h2-5,13-14H,6-8H2,1H3. The van der Waals surface area contributed by atoms with Crippen molar-refractivity contribution in [2.24, 2.45) is 0 Å². The predicted octanol–water partition coefficient (Wildman–Crippen LogP) is 1.21. The molecule has 0 radical (unpaired) electrons. The highest BCUT2D eigenvalue weighted by Crippen LogP contribution is 2.26. The Balaban J connectivity index is 3.07. The smallest absolute Gasteiger partial charge is 0.0648 e. The number of ether oxygens (including phenoxy) is 1. The van der Waals surface area contributed by atoms with Crippen molar-refractivity contribution in [1.82, 2.24) is 0 Å². The molecule has 0 amide bonds. The minimum atomic E-state index is -0.778. The van der Waals surface area contributed by atoms with Crippen LogP contribution in [0.1, 0.15) is 5.56 Å². The summed E-state index contributed by atoms with van der Waals surface area (Å²) in [7, 11) is 1.53. The summed E-state index contributed by atoms with van der Waals surface area (Å²) in [6.45, 7) is -0.115. The first-order chi connectivity index (χ1) is 7.18. The number of methoxy groups -OCH3 is 1. The number of aliphatic hydroxyl groups is 2. The molecule has 0 saturated heterocycles. The third kappa shape index (κ3) is 2.69. The van der Waals surface area contributed by atoms with Gasteiger partial charge in [0.2, 0.25) is 0 Å². The molecule has 0 aliphatic rings. The lowest BCUT2D eigenvalue weighted by molar-refractivity contribution is 0.0419. The van der Waals surface area contributed by atoms with Gasteiger partial charge in [-0.25, -0.2) is 0 Å². The van der Waals surface area contributed by atoms with E-state index in [1.165, 1.54) is 7.11 Å². The molecule has 4 heteroatoms.